The van der Waals surface area contributed by atoms with Crippen molar-refractivity contribution in [1.82, 2.24) is 5.43 Å². The molecule has 0 radical (unpaired) electrons. The first kappa shape index (κ1) is 25.0. The van der Waals surface area contributed by atoms with E-state index in [0.29, 0.717) is 59.5 Å². The number of benzene rings is 2. The number of hydrogen-bond acceptors (Lipinski definition) is 6. The van der Waals surface area contributed by atoms with Crippen LogP contribution in [0, 0.1) is 0 Å². The fourth-order valence-corrected chi connectivity index (χ4v) is 3.20. The zero-order chi connectivity index (χ0) is 23.3. The molecule has 1 N–H and O–H groups in total. The summed E-state index contributed by atoms with van der Waals surface area (Å²) in [5, 5.41) is 4.06. The second-order valence-electron chi connectivity index (χ2n) is 6.26. The quantitative estimate of drug-likeness (QED) is 0.233. The number of amides is 1. The van der Waals surface area contributed by atoms with Crippen LogP contribution in [-0.4, -0.2) is 38.5 Å². The molecular formula is C24H27BrN2O5. The van der Waals surface area contributed by atoms with Gasteiger partial charge in [0.25, 0.3) is 5.91 Å². The third-order valence-electron chi connectivity index (χ3n) is 3.92. The van der Waals surface area contributed by atoms with Crippen LogP contribution in [0.4, 0.5) is 0 Å². The summed E-state index contributed by atoms with van der Waals surface area (Å²) in [6.07, 6.45) is 4.81. The zero-order valence-corrected chi connectivity index (χ0v) is 19.8. The lowest BCUT2D eigenvalue weighted by molar-refractivity contribution is 0.0954. The Morgan fingerprint density at radius 3 is 2.34 bits per heavy atom. The number of carbonyl (C=O) groups excluding carboxylic acids is 1. The number of carbonyl (C=O) groups is 1. The lowest BCUT2D eigenvalue weighted by Crippen LogP contribution is -2.17. The maximum absolute atomic E-state index is 12.5. The van der Waals surface area contributed by atoms with Gasteiger partial charge in [0.15, 0.2) is 23.0 Å². The predicted molar refractivity (Wildman–Crippen MR) is 129 cm³/mol. The molecule has 0 saturated carbocycles. The van der Waals surface area contributed by atoms with E-state index in [1.54, 1.807) is 36.4 Å². The highest BCUT2D eigenvalue weighted by molar-refractivity contribution is 9.10. The third-order valence-corrected chi connectivity index (χ3v) is 4.51. The Bertz CT molecular complexity index is 975. The van der Waals surface area contributed by atoms with Crippen LogP contribution in [0.15, 0.2) is 65.2 Å². The Morgan fingerprint density at radius 1 is 0.969 bits per heavy atom. The summed E-state index contributed by atoms with van der Waals surface area (Å²) in [7, 11) is 0. The molecule has 8 heteroatoms. The Labute approximate surface area is 196 Å². The fraction of sp³-hybridized carbons (Fsp3) is 0.250. The predicted octanol–water partition coefficient (Wildman–Crippen LogP) is 5.14. The standard InChI is InChI=1S/C24H27BrN2O5/c1-5-11-31-20-10-9-18(15-21(20)29-7-3)24(28)27-26-16-17-13-19(25)23(32-12-6-2)22(14-17)30-8-4/h5-6,9-10,13-16H,1-2,7-8,11-12H2,3-4H3,(H,27,28)/b26-16+. The molecule has 0 aliphatic heterocycles. The highest BCUT2D eigenvalue weighted by Crippen LogP contribution is 2.36. The molecule has 0 unspecified atom stereocenters. The van der Waals surface area contributed by atoms with Crippen molar-refractivity contribution in [2.24, 2.45) is 5.10 Å². The van der Waals surface area contributed by atoms with E-state index >= 15 is 0 Å². The van der Waals surface area contributed by atoms with Crippen molar-refractivity contribution in [3.05, 3.63) is 71.2 Å². The van der Waals surface area contributed by atoms with Crippen LogP contribution in [0.25, 0.3) is 0 Å². The van der Waals surface area contributed by atoms with Crippen molar-refractivity contribution in [3.63, 3.8) is 0 Å². The average molecular weight is 503 g/mol. The van der Waals surface area contributed by atoms with Gasteiger partial charge < -0.3 is 18.9 Å². The van der Waals surface area contributed by atoms with Crippen LogP contribution in [0.2, 0.25) is 0 Å². The summed E-state index contributed by atoms with van der Waals surface area (Å²) >= 11 is 3.48. The first-order valence-corrected chi connectivity index (χ1v) is 10.9. The van der Waals surface area contributed by atoms with Gasteiger partial charge in [-0.2, -0.15) is 5.10 Å². The van der Waals surface area contributed by atoms with Gasteiger partial charge in [0.05, 0.1) is 23.9 Å². The number of rotatable bonds is 13. The van der Waals surface area contributed by atoms with Gasteiger partial charge in [-0.15, -0.1) is 0 Å². The largest absolute Gasteiger partial charge is 0.490 e. The molecule has 2 aromatic rings. The molecule has 0 bridgehead atoms. The molecule has 1 amide bonds. The number of hydrazone groups is 1. The minimum atomic E-state index is -0.382. The minimum absolute atomic E-state index is 0.340. The Morgan fingerprint density at radius 2 is 1.66 bits per heavy atom. The van der Waals surface area contributed by atoms with Gasteiger partial charge in [-0.05, 0) is 65.7 Å². The maximum Gasteiger partial charge on any atom is 0.271 e. The normalized spacial score (nSPS) is 10.5. The molecule has 0 fully saturated rings. The number of nitrogens with one attached hydrogen (secondary N) is 1. The Balaban J connectivity index is 2.14. The van der Waals surface area contributed by atoms with Gasteiger partial charge in [-0.25, -0.2) is 5.43 Å². The Hall–Kier alpha value is -3.26. The summed E-state index contributed by atoms with van der Waals surface area (Å²) in [5.74, 6) is 1.78. The van der Waals surface area contributed by atoms with Crippen LogP contribution >= 0.6 is 15.9 Å². The molecule has 0 saturated heterocycles. The van der Waals surface area contributed by atoms with Crippen molar-refractivity contribution >= 4 is 28.1 Å². The van der Waals surface area contributed by atoms with Crippen LogP contribution in [0.3, 0.4) is 0 Å². The lowest BCUT2D eigenvalue weighted by Gasteiger charge is -2.13. The van der Waals surface area contributed by atoms with E-state index in [-0.39, 0.29) is 5.91 Å². The van der Waals surface area contributed by atoms with Gasteiger partial charge in [0.2, 0.25) is 0 Å². The van der Waals surface area contributed by atoms with Crippen molar-refractivity contribution < 1.29 is 23.7 Å². The molecule has 7 nitrogen and oxygen atoms in total. The van der Waals surface area contributed by atoms with Crippen molar-refractivity contribution in [1.29, 1.82) is 0 Å². The molecular weight excluding hydrogens is 476 g/mol. The number of ether oxygens (including phenoxy) is 4. The summed E-state index contributed by atoms with van der Waals surface area (Å²) < 4.78 is 23.1. The summed E-state index contributed by atoms with van der Waals surface area (Å²) in [6.45, 7) is 12.6. The lowest BCUT2D eigenvalue weighted by atomic mass is 10.2. The van der Waals surface area contributed by atoms with Crippen molar-refractivity contribution in [3.8, 4) is 23.0 Å². The van der Waals surface area contributed by atoms with Crippen LogP contribution in [0.1, 0.15) is 29.8 Å². The molecule has 0 spiro atoms. The molecule has 2 aromatic carbocycles. The topological polar surface area (TPSA) is 78.4 Å². The third kappa shape index (κ3) is 7.16. The molecule has 0 aromatic heterocycles. The van der Waals surface area contributed by atoms with Crippen molar-refractivity contribution in [2.75, 3.05) is 26.4 Å². The van der Waals surface area contributed by atoms with Gasteiger partial charge in [-0.3, -0.25) is 4.79 Å². The summed E-state index contributed by atoms with van der Waals surface area (Å²) in [6, 6.07) is 8.53. The van der Waals surface area contributed by atoms with Crippen LogP contribution in [0.5, 0.6) is 23.0 Å². The number of hydrogen-bond donors (Lipinski definition) is 1. The number of nitrogens with zero attached hydrogens (tertiary/aromatic N) is 1. The van der Waals surface area contributed by atoms with E-state index in [0.717, 1.165) is 5.56 Å². The van der Waals surface area contributed by atoms with Crippen molar-refractivity contribution in [2.45, 2.75) is 13.8 Å². The highest BCUT2D eigenvalue weighted by Gasteiger charge is 2.13. The molecule has 32 heavy (non-hydrogen) atoms. The molecule has 170 valence electrons. The van der Waals surface area contributed by atoms with E-state index in [9.17, 15) is 4.79 Å². The van der Waals surface area contributed by atoms with Gasteiger partial charge in [0, 0.05) is 5.56 Å². The summed E-state index contributed by atoms with van der Waals surface area (Å²) in [5.41, 5.74) is 3.62. The molecule has 0 atom stereocenters. The van der Waals surface area contributed by atoms with E-state index in [2.05, 4.69) is 39.6 Å². The highest BCUT2D eigenvalue weighted by atomic mass is 79.9. The van der Waals surface area contributed by atoms with Gasteiger partial charge in [-0.1, -0.05) is 25.3 Å². The minimum Gasteiger partial charge on any atom is -0.490 e. The molecule has 0 aliphatic carbocycles. The smallest absolute Gasteiger partial charge is 0.271 e. The van der Waals surface area contributed by atoms with Gasteiger partial charge >= 0.3 is 0 Å². The first-order chi connectivity index (χ1) is 15.5. The van der Waals surface area contributed by atoms with E-state index < -0.39 is 0 Å². The zero-order valence-electron chi connectivity index (χ0n) is 18.2. The maximum atomic E-state index is 12.5. The molecule has 2 rings (SSSR count). The Kier molecular flexibility index (Phi) is 10.3. The monoisotopic (exact) mass is 502 g/mol. The van der Waals surface area contributed by atoms with E-state index in [1.807, 2.05) is 19.9 Å². The van der Waals surface area contributed by atoms with E-state index in [4.69, 9.17) is 18.9 Å². The van der Waals surface area contributed by atoms with E-state index in [1.165, 1.54) is 6.21 Å². The first-order valence-electron chi connectivity index (χ1n) is 10.1. The summed E-state index contributed by atoms with van der Waals surface area (Å²) in [4.78, 5) is 12.5. The second kappa shape index (κ2) is 13.2. The average Bonchev–Trinajstić information content (AvgIpc) is 2.78. The van der Waals surface area contributed by atoms with Crippen LogP contribution in [-0.2, 0) is 0 Å². The van der Waals surface area contributed by atoms with Crippen LogP contribution < -0.4 is 24.4 Å². The second-order valence-corrected chi connectivity index (χ2v) is 7.11. The molecule has 0 heterocycles. The van der Waals surface area contributed by atoms with Gasteiger partial charge in [0.1, 0.15) is 13.2 Å². The SMILES string of the molecule is C=CCOc1ccc(C(=O)N/N=C/c2cc(Br)c(OCC=C)c(OCC)c2)cc1OCC. The molecule has 0 aliphatic rings. The fourth-order valence-electron chi connectivity index (χ4n) is 2.62. The number of halogens is 1.